The Morgan fingerprint density at radius 2 is 1.83 bits per heavy atom. The SMILES string of the molecule is Cc1cc(=O)[nH]c(C(C)(C)NCc2ccc(OC(F)(F)F)cc2)n1. The third kappa shape index (κ3) is 5.09. The van der Waals surface area contributed by atoms with E-state index in [1.54, 1.807) is 6.92 Å². The second kappa shape index (κ2) is 6.64. The molecule has 8 heteroatoms. The zero-order chi connectivity index (χ0) is 18.0. The fourth-order valence-electron chi connectivity index (χ4n) is 2.09. The molecular formula is C16H18F3N3O2. The Hall–Kier alpha value is -2.35. The fourth-order valence-corrected chi connectivity index (χ4v) is 2.09. The number of ether oxygens (including phenoxy) is 1. The van der Waals surface area contributed by atoms with Crippen LogP contribution in [0, 0.1) is 6.92 Å². The third-order valence-corrected chi connectivity index (χ3v) is 3.35. The van der Waals surface area contributed by atoms with Crippen LogP contribution in [-0.2, 0) is 12.1 Å². The molecule has 0 aliphatic carbocycles. The molecule has 0 aliphatic rings. The number of rotatable bonds is 5. The lowest BCUT2D eigenvalue weighted by molar-refractivity contribution is -0.274. The van der Waals surface area contributed by atoms with Gasteiger partial charge >= 0.3 is 6.36 Å². The summed E-state index contributed by atoms with van der Waals surface area (Å²) in [7, 11) is 0. The van der Waals surface area contributed by atoms with Crippen LogP contribution in [0.15, 0.2) is 35.1 Å². The Morgan fingerprint density at radius 3 is 2.38 bits per heavy atom. The van der Waals surface area contributed by atoms with Gasteiger partial charge in [0.2, 0.25) is 0 Å². The summed E-state index contributed by atoms with van der Waals surface area (Å²) in [6.45, 7) is 5.82. The fraction of sp³-hybridized carbons (Fsp3) is 0.375. The van der Waals surface area contributed by atoms with Crippen LogP contribution in [0.25, 0.3) is 0 Å². The molecule has 0 spiro atoms. The van der Waals surface area contributed by atoms with Crippen molar-refractivity contribution in [2.75, 3.05) is 0 Å². The van der Waals surface area contributed by atoms with Gasteiger partial charge in [-0.2, -0.15) is 0 Å². The summed E-state index contributed by atoms with van der Waals surface area (Å²) in [6, 6.07) is 6.99. The molecule has 0 radical (unpaired) electrons. The molecule has 0 saturated heterocycles. The molecule has 1 aromatic carbocycles. The molecule has 0 saturated carbocycles. The van der Waals surface area contributed by atoms with Crippen molar-refractivity contribution in [3.63, 3.8) is 0 Å². The molecule has 0 amide bonds. The van der Waals surface area contributed by atoms with Gasteiger partial charge in [-0.1, -0.05) is 12.1 Å². The van der Waals surface area contributed by atoms with Crippen molar-refractivity contribution in [1.29, 1.82) is 0 Å². The highest BCUT2D eigenvalue weighted by Gasteiger charge is 2.31. The second-order valence-corrected chi connectivity index (χ2v) is 5.91. The Kier molecular flexibility index (Phi) is 4.98. The molecular weight excluding hydrogens is 323 g/mol. The number of nitrogens with zero attached hydrogens (tertiary/aromatic N) is 1. The number of hydrogen-bond acceptors (Lipinski definition) is 4. The number of benzene rings is 1. The molecule has 0 bridgehead atoms. The summed E-state index contributed by atoms with van der Waals surface area (Å²) < 4.78 is 40.2. The number of aryl methyl sites for hydroxylation is 1. The molecule has 2 N–H and O–H groups in total. The Morgan fingerprint density at radius 1 is 1.21 bits per heavy atom. The molecule has 0 unspecified atom stereocenters. The van der Waals surface area contributed by atoms with Crippen LogP contribution in [0.4, 0.5) is 13.2 Å². The van der Waals surface area contributed by atoms with E-state index in [-0.39, 0.29) is 11.3 Å². The van der Waals surface area contributed by atoms with E-state index in [2.05, 4.69) is 20.0 Å². The van der Waals surface area contributed by atoms with Crippen molar-refractivity contribution < 1.29 is 17.9 Å². The lowest BCUT2D eigenvalue weighted by Gasteiger charge is -2.25. The number of H-pyrrole nitrogens is 1. The average molecular weight is 341 g/mol. The van der Waals surface area contributed by atoms with E-state index >= 15 is 0 Å². The van der Waals surface area contributed by atoms with Gasteiger partial charge in [0.15, 0.2) is 0 Å². The minimum absolute atomic E-state index is 0.235. The van der Waals surface area contributed by atoms with Crippen LogP contribution in [-0.4, -0.2) is 16.3 Å². The summed E-state index contributed by atoms with van der Waals surface area (Å²) in [5.41, 5.74) is 0.526. The molecule has 2 aromatic rings. The van der Waals surface area contributed by atoms with Gasteiger partial charge in [0.1, 0.15) is 11.6 Å². The van der Waals surface area contributed by atoms with Gasteiger partial charge in [-0.25, -0.2) is 4.98 Å². The topological polar surface area (TPSA) is 67.0 Å². The number of aromatic amines is 1. The average Bonchev–Trinajstić information content (AvgIpc) is 2.44. The van der Waals surface area contributed by atoms with Crippen LogP contribution in [0.5, 0.6) is 5.75 Å². The number of halogens is 3. The molecule has 1 aromatic heterocycles. The Bertz CT molecular complexity index is 752. The Balaban J connectivity index is 2.05. The lowest BCUT2D eigenvalue weighted by atomic mass is 10.0. The van der Waals surface area contributed by atoms with E-state index in [0.29, 0.717) is 18.1 Å². The van der Waals surface area contributed by atoms with Crippen molar-refractivity contribution in [2.45, 2.75) is 39.2 Å². The van der Waals surface area contributed by atoms with Gasteiger partial charge in [0.05, 0.1) is 5.54 Å². The van der Waals surface area contributed by atoms with Crippen LogP contribution in [0.3, 0.4) is 0 Å². The van der Waals surface area contributed by atoms with Gasteiger partial charge in [-0.3, -0.25) is 4.79 Å². The molecule has 1 heterocycles. The highest BCUT2D eigenvalue weighted by molar-refractivity contribution is 5.27. The van der Waals surface area contributed by atoms with E-state index in [1.165, 1.54) is 30.3 Å². The van der Waals surface area contributed by atoms with E-state index in [1.807, 2.05) is 13.8 Å². The van der Waals surface area contributed by atoms with E-state index < -0.39 is 11.9 Å². The smallest absolute Gasteiger partial charge is 0.406 e. The van der Waals surface area contributed by atoms with Crippen molar-refractivity contribution in [1.82, 2.24) is 15.3 Å². The highest BCUT2D eigenvalue weighted by Crippen LogP contribution is 2.23. The van der Waals surface area contributed by atoms with Crippen molar-refractivity contribution in [3.05, 3.63) is 57.8 Å². The zero-order valence-electron chi connectivity index (χ0n) is 13.5. The van der Waals surface area contributed by atoms with Crippen LogP contribution < -0.4 is 15.6 Å². The standard InChI is InChI=1S/C16H18F3N3O2/c1-10-8-13(23)22-14(21-10)15(2,3)20-9-11-4-6-12(7-5-11)24-16(17,18)19/h4-8,20H,9H2,1-3H3,(H,21,22,23). The monoisotopic (exact) mass is 341 g/mol. The maximum absolute atomic E-state index is 12.1. The molecule has 0 fully saturated rings. The molecule has 5 nitrogen and oxygen atoms in total. The summed E-state index contributed by atoms with van der Waals surface area (Å²) >= 11 is 0. The Labute approximate surface area is 136 Å². The lowest BCUT2D eigenvalue weighted by Crippen LogP contribution is -2.39. The van der Waals surface area contributed by atoms with Gasteiger partial charge < -0.3 is 15.0 Å². The quantitative estimate of drug-likeness (QED) is 0.877. The van der Waals surface area contributed by atoms with Crippen molar-refractivity contribution in [3.8, 4) is 5.75 Å². The minimum Gasteiger partial charge on any atom is -0.406 e. The summed E-state index contributed by atoms with van der Waals surface area (Å²) in [5, 5.41) is 3.22. The summed E-state index contributed by atoms with van der Waals surface area (Å²) in [5.74, 6) is 0.222. The zero-order valence-corrected chi connectivity index (χ0v) is 13.5. The first kappa shape index (κ1) is 18.0. The number of aromatic nitrogens is 2. The predicted molar refractivity (Wildman–Crippen MR) is 82.6 cm³/mol. The van der Waals surface area contributed by atoms with E-state index in [9.17, 15) is 18.0 Å². The first-order valence-corrected chi connectivity index (χ1v) is 7.23. The number of alkyl halides is 3. The van der Waals surface area contributed by atoms with Gasteiger partial charge in [-0.05, 0) is 38.5 Å². The summed E-state index contributed by atoms with van der Waals surface area (Å²) in [4.78, 5) is 18.5. The predicted octanol–water partition coefficient (Wildman–Crippen LogP) is 3.00. The molecule has 0 aliphatic heterocycles. The maximum Gasteiger partial charge on any atom is 0.573 e. The molecule has 130 valence electrons. The maximum atomic E-state index is 12.1. The van der Waals surface area contributed by atoms with Crippen molar-refractivity contribution >= 4 is 0 Å². The van der Waals surface area contributed by atoms with Crippen LogP contribution in [0.2, 0.25) is 0 Å². The number of hydrogen-bond donors (Lipinski definition) is 2. The van der Waals surface area contributed by atoms with E-state index in [4.69, 9.17) is 0 Å². The summed E-state index contributed by atoms with van der Waals surface area (Å²) in [6.07, 6.45) is -4.70. The van der Waals surface area contributed by atoms with Crippen LogP contribution in [0.1, 0.15) is 30.9 Å². The molecule has 2 rings (SSSR count). The first-order chi connectivity index (χ1) is 11.0. The molecule has 24 heavy (non-hydrogen) atoms. The largest absolute Gasteiger partial charge is 0.573 e. The van der Waals surface area contributed by atoms with Crippen molar-refractivity contribution in [2.24, 2.45) is 0 Å². The second-order valence-electron chi connectivity index (χ2n) is 5.91. The third-order valence-electron chi connectivity index (χ3n) is 3.35. The minimum atomic E-state index is -4.70. The van der Waals surface area contributed by atoms with Gasteiger partial charge in [0.25, 0.3) is 5.56 Å². The molecule has 0 atom stereocenters. The normalized spacial score (nSPS) is 12.2. The van der Waals surface area contributed by atoms with E-state index in [0.717, 1.165) is 5.56 Å². The highest BCUT2D eigenvalue weighted by atomic mass is 19.4. The number of nitrogens with one attached hydrogen (secondary N) is 2. The first-order valence-electron chi connectivity index (χ1n) is 7.23. The van der Waals surface area contributed by atoms with Gasteiger partial charge in [0, 0.05) is 18.3 Å². The van der Waals surface area contributed by atoms with Crippen LogP contribution >= 0.6 is 0 Å². The van der Waals surface area contributed by atoms with Gasteiger partial charge in [-0.15, -0.1) is 13.2 Å².